The summed E-state index contributed by atoms with van der Waals surface area (Å²) < 4.78 is 0. The molecular weight excluding hydrogens is 454 g/mol. The second-order valence-corrected chi connectivity index (χ2v) is 8.68. The van der Waals surface area contributed by atoms with Gasteiger partial charge in [-0.1, -0.05) is 58.5 Å². The van der Waals surface area contributed by atoms with Gasteiger partial charge in [-0.2, -0.15) is 0 Å². The van der Waals surface area contributed by atoms with E-state index in [-0.39, 0.29) is 30.8 Å². The van der Waals surface area contributed by atoms with Gasteiger partial charge in [0.2, 0.25) is 11.8 Å². The number of nitrogens with zero attached hydrogens (tertiary/aromatic N) is 1. The third-order valence-corrected chi connectivity index (χ3v) is 5.62. The smallest absolute Gasteiger partial charge is 0.242 e. The van der Waals surface area contributed by atoms with Crippen LogP contribution in [-0.4, -0.2) is 28.8 Å². The van der Waals surface area contributed by atoms with Crippen molar-refractivity contribution >= 4 is 58.2 Å². The molecule has 2 amide bonds. The molecule has 0 aromatic heterocycles. The van der Waals surface area contributed by atoms with Crippen LogP contribution in [0.3, 0.4) is 0 Å². The number of rotatable bonds is 7. The van der Waals surface area contributed by atoms with Crippen LogP contribution in [0.15, 0.2) is 36.4 Å². The molecular formula is C21H22Cl4N2O2. The van der Waals surface area contributed by atoms with Crippen molar-refractivity contribution in [2.75, 3.05) is 0 Å². The lowest BCUT2D eigenvalue weighted by Crippen LogP contribution is -2.49. The van der Waals surface area contributed by atoms with Crippen molar-refractivity contribution in [2.24, 2.45) is 0 Å². The van der Waals surface area contributed by atoms with E-state index < -0.39 is 6.04 Å². The second kappa shape index (κ2) is 10.5. The molecule has 29 heavy (non-hydrogen) atoms. The number of hydrogen-bond acceptors (Lipinski definition) is 2. The molecule has 1 atom stereocenters. The van der Waals surface area contributed by atoms with Gasteiger partial charge in [0.25, 0.3) is 0 Å². The van der Waals surface area contributed by atoms with E-state index in [1.54, 1.807) is 43.3 Å². The van der Waals surface area contributed by atoms with E-state index in [0.717, 1.165) is 5.56 Å². The summed E-state index contributed by atoms with van der Waals surface area (Å²) in [6.45, 7) is 5.62. The first-order chi connectivity index (χ1) is 13.6. The van der Waals surface area contributed by atoms with E-state index in [9.17, 15) is 9.59 Å². The Morgan fingerprint density at radius 1 is 0.931 bits per heavy atom. The molecule has 0 saturated carbocycles. The van der Waals surface area contributed by atoms with Crippen molar-refractivity contribution in [1.29, 1.82) is 0 Å². The van der Waals surface area contributed by atoms with Crippen LogP contribution in [0, 0.1) is 0 Å². The molecule has 2 aromatic carbocycles. The molecule has 0 aliphatic carbocycles. The van der Waals surface area contributed by atoms with Gasteiger partial charge < -0.3 is 10.2 Å². The van der Waals surface area contributed by atoms with Crippen LogP contribution in [0.25, 0.3) is 0 Å². The Morgan fingerprint density at radius 2 is 1.62 bits per heavy atom. The fourth-order valence-electron chi connectivity index (χ4n) is 2.75. The lowest BCUT2D eigenvalue weighted by molar-refractivity contribution is -0.140. The van der Waals surface area contributed by atoms with E-state index in [1.165, 1.54) is 4.90 Å². The van der Waals surface area contributed by atoms with Crippen molar-refractivity contribution in [3.8, 4) is 0 Å². The minimum atomic E-state index is -0.689. The lowest BCUT2D eigenvalue weighted by atomic mass is 10.1. The normalized spacial score (nSPS) is 12.0. The average molecular weight is 476 g/mol. The first kappa shape index (κ1) is 23.8. The highest BCUT2D eigenvalue weighted by molar-refractivity contribution is 6.42. The first-order valence-electron chi connectivity index (χ1n) is 9.06. The van der Waals surface area contributed by atoms with E-state index in [4.69, 9.17) is 46.4 Å². The predicted octanol–water partition coefficient (Wildman–Crippen LogP) is 5.78. The monoisotopic (exact) mass is 474 g/mol. The molecule has 2 aromatic rings. The molecule has 0 radical (unpaired) electrons. The highest BCUT2D eigenvalue weighted by Crippen LogP contribution is 2.25. The highest BCUT2D eigenvalue weighted by atomic mass is 35.5. The fraction of sp³-hybridized carbons (Fsp3) is 0.333. The zero-order valence-electron chi connectivity index (χ0n) is 16.3. The second-order valence-electron chi connectivity index (χ2n) is 7.02. The molecule has 0 saturated heterocycles. The summed E-state index contributed by atoms with van der Waals surface area (Å²) in [5, 5.41) is 4.54. The first-order valence-corrected chi connectivity index (χ1v) is 10.6. The van der Waals surface area contributed by atoms with Gasteiger partial charge in [0.05, 0.1) is 16.5 Å². The van der Waals surface area contributed by atoms with Crippen molar-refractivity contribution in [3.63, 3.8) is 0 Å². The minimum Gasteiger partial charge on any atom is -0.352 e. The largest absolute Gasteiger partial charge is 0.352 e. The van der Waals surface area contributed by atoms with Crippen molar-refractivity contribution < 1.29 is 9.59 Å². The zero-order chi connectivity index (χ0) is 21.7. The van der Waals surface area contributed by atoms with Crippen molar-refractivity contribution in [1.82, 2.24) is 10.2 Å². The Morgan fingerprint density at radius 3 is 2.21 bits per heavy atom. The third kappa shape index (κ3) is 6.78. The Bertz CT molecular complexity index is 902. The van der Waals surface area contributed by atoms with Crippen LogP contribution >= 0.6 is 46.4 Å². The van der Waals surface area contributed by atoms with Gasteiger partial charge in [-0.05, 0) is 56.2 Å². The number of benzene rings is 2. The summed E-state index contributed by atoms with van der Waals surface area (Å²) in [4.78, 5) is 27.2. The van der Waals surface area contributed by atoms with Crippen LogP contribution in [0.1, 0.15) is 31.9 Å². The molecule has 0 aliphatic rings. The lowest BCUT2D eigenvalue weighted by Gasteiger charge is -2.29. The fourth-order valence-corrected chi connectivity index (χ4v) is 3.55. The molecule has 0 aliphatic heterocycles. The van der Waals surface area contributed by atoms with E-state index in [0.29, 0.717) is 25.7 Å². The molecule has 156 valence electrons. The van der Waals surface area contributed by atoms with Crippen LogP contribution < -0.4 is 5.32 Å². The molecule has 0 fully saturated rings. The molecule has 8 heteroatoms. The van der Waals surface area contributed by atoms with Gasteiger partial charge in [0.1, 0.15) is 6.04 Å². The maximum Gasteiger partial charge on any atom is 0.242 e. The zero-order valence-corrected chi connectivity index (χ0v) is 19.3. The number of nitrogens with one attached hydrogen (secondary N) is 1. The van der Waals surface area contributed by atoms with Crippen LogP contribution in [0.5, 0.6) is 0 Å². The van der Waals surface area contributed by atoms with E-state index in [1.807, 2.05) is 13.8 Å². The summed E-state index contributed by atoms with van der Waals surface area (Å²) in [5.41, 5.74) is 1.40. The van der Waals surface area contributed by atoms with Gasteiger partial charge in [-0.3, -0.25) is 9.59 Å². The van der Waals surface area contributed by atoms with Gasteiger partial charge in [0, 0.05) is 22.6 Å². The molecule has 2 rings (SSSR count). The summed E-state index contributed by atoms with van der Waals surface area (Å²) >= 11 is 24.3. The van der Waals surface area contributed by atoms with Crippen LogP contribution in [0.2, 0.25) is 20.1 Å². The minimum absolute atomic E-state index is 0.0383. The van der Waals surface area contributed by atoms with Gasteiger partial charge in [-0.25, -0.2) is 0 Å². The predicted molar refractivity (Wildman–Crippen MR) is 120 cm³/mol. The molecule has 0 spiro atoms. The molecule has 0 bridgehead atoms. The molecule has 1 N–H and O–H groups in total. The topological polar surface area (TPSA) is 49.4 Å². The average Bonchev–Trinajstić information content (AvgIpc) is 2.63. The standard InChI is InChI=1S/C21H22Cl4N2O2/c1-12(2)26-21(29)13(3)27(11-14-4-7-17(23)19(25)8-14)20(28)9-15-5-6-16(22)10-18(15)24/h4-8,10,12-13H,9,11H2,1-3H3,(H,26,29)/t13-/m1/s1. The number of halogens is 4. The van der Waals surface area contributed by atoms with E-state index in [2.05, 4.69) is 5.32 Å². The molecule has 0 heterocycles. The van der Waals surface area contributed by atoms with E-state index >= 15 is 0 Å². The van der Waals surface area contributed by atoms with Crippen LogP contribution in [-0.2, 0) is 22.6 Å². The molecule has 4 nitrogen and oxygen atoms in total. The number of amides is 2. The SMILES string of the molecule is CC(C)NC(=O)[C@@H](C)N(Cc1ccc(Cl)c(Cl)c1)C(=O)Cc1ccc(Cl)cc1Cl. The highest BCUT2D eigenvalue weighted by Gasteiger charge is 2.27. The third-order valence-electron chi connectivity index (χ3n) is 4.29. The van der Waals surface area contributed by atoms with Gasteiger partial charge >= 0.3 is 0 Å². The Kier molecular flexibility index (Phi) is 8.65. The number of carbonyl (C=O) groups excluding carboxylic acids is 2. The summed E-state index contributed by atoms with van der Waals surface area (Å²) in [7, 11) is 0. The van der Waals surface area contributed by atoms with Crippen molar-refractivity contribution in [2.45, 2.75) is 45.8 Å². The summed E-state index contributed by atoms with van der Waals surface area (Å²) in [5.74, 6) is -0.484. The van der Waals surface area contributed by atoms with Gasteiger partial charge in [0.15, 0.2) is 0 Å². The molecule has 0 unspecified atom stereocenters. The quantitative estimate of drug-likeness (QED) is 0.551. The summed E-state index contributed by atoms with van der Waals surface area (Å²) in [6.07, 6.45) is 0.0383. The maximum atomic E-state index is 13.1. The maximum absolute atomic E-state index is 13.1. The Hall–Kier alpha value is -1.46. The number of carbonyl (C=O) groups is 2. The Labute approximate surface area is 191 Å². The van der Waals surface area contributed by atoms with Gasteiger partial charge in [-0.15, -0.1) is 0 Å². The summed E-state index contributed by atoms with van der Waals surface area (Å²) in [6, 6.07) is 9.36. The van der Waals surface area contributed by atoms with Crippen molar-refractivity contribution in [3.05, 3.63) is 67.6 Å². The van der Waals surface area contributed by atoms with Crippen LogP contribution in [0.4, 0.5) is 0 Å². The Balaban J connectivity index is 2.30. The number of hydrogen-bond donors (Lipinski definition) is 1.